The number of rotatable bonds is 3. The van der Waals surface area contributed by atoms with E-state index in [-0.39, 0.29) is 23.8 Å². The highest BCUT2D eigenvalue weighted by atomic mass is 16.5. The van der Waals surface area contributed by atoms with Crippen LogP contribution in [0.2, 0.25) is 0 Å². The minimum atomic E-state index is -0.750. The van der Waals surface area contributed by atoms with Crippen molar-refractivity contribution in [3.63, 3.8) is 0 Å². The summed E-state index contributed by atoms with van der Waals surface area (Å²) in [6, 6.07) is 9.32. The highest BCUT2D eigenvalue weighted by molar-refractivity contribution is 6.06. The molecule has 1 aliphatic carbocycles. The molecule has 26 heavy (non-hydrogen) atoms. The van der Waals surface area contributed by atoms with Gasteiger partial charge in [-0.3, -0.25) is 14.9 Å². The highest BCUT2D eigenvalue weighted by Gasteiger charge is 2.50. The number of hydrogen-bond acceptors (Lipinski definition) is 4. The van der Waals surface area contributed by atoms with Gasteiger partial charge in [-0.1, -0.05) is 43.2 Å². The van der Waals surface area contributed by atoms with Crippen molar-refractivity contribution < 1.29 is 19.1 Å². The Labute approximate surface area is 153 Å². The molecule has 1 spiro atoms. The van der Waals surface area contributed by atoms with Crippen LogP contribution in [-0.2, 0) is 20.9 Å². The quantitative estimate of drug-likeness (QED) is 0.666. The Morgan fingerprint density at radius 3 is 2.54 bits per heavy atom. The normalized spacial score (nSPS) is 26.8. The van der Waals surface area contributed by atoms with Crippen LogP contribution in [0.25, 0.3) is 0 Å². The first-order valence-corrected chi connectivity index (χ1v) is 9.33. The van der Waals surface area contributed by atoms with Crippen LogP contribution >= 0.6 is 0 Å². The summed E-state index contributed by atoms with van der Waals surface area (Å²) in [5.41, 5.74) is 0.227. The van der Waals surface area contributed by atoms with Crippen LogP contribution in [0.3, 0.4) is 0 Å². The minimum absolute atomic E-state index is 0.140. The van der Waals surface area contributed by atoms with Gasteiger partial charge in [0.05, 0.1) is 5.92 Å². The highest BCUT2D eigenvalue weighted by Crippen LogP contribution is 2.35. The van der Waals surface area contributed by atoms with E-state index in [1.165, 1.54) is 0 Å². The van der Waals surface area contributed by atoms with Crippen LogP contribution in [-0.4, -0.2) is 35.4 Å². The Hall–Kier alpha value is -2.37. The number of urea groups is 1. The largest absolute Gasteiger partial charge is 0.461 e. The van der Waals surface area contributed by atoms with Gasteiger partial charge in [0.1, 0.15) is 12.1 Å². The summed E-state index contributed by atoms with van der Waals surface area (Å²) in [5, 5.41) is 2.42. The monoisotopic (exact) mass is 358 g/mol. The van der Waals surface area contributed by atoms with Crippen molar-refractivity contribution in [1.82, 2.24) is 10.2 Å². The van der Waals surface area contributed by atoms with Gasteiger partial charge in [0.25, 0.3) is 5.91 Å². The third-order valence-corrected chi connectivity index (χ3v) is 5.68. The molecule has 2 fully saturated rings. The summed E-state index contributed by atoms with van der Waals surface area (Å²) in [6.07, 6.45) is 5.07. The van der Waals surface area contributed by atoms with E-state index in [2.05, 4.69) is 5.32 Å². The number of hydrogen-bond donors (Lipinski definition) is 1. The van der Waals surface area contributed by atoms with E-state index in [1.54, 1.807) is 11.9 Å². The molecule has 2 atom stereocenters. The number of carbonyl (C=O) groups excluding carboxylic acids is 3. The van der Waals surface area contributed by atoms with E-state index in [9.17, 15) is 14.4 Å². The molecule has 1 aliphatic heterocycles. The van der Waals surface area contributed by atoms with Crippen molar-refractivity contribution in [2.24, 2.45) is 5.92 Å². The van der Waals surface area contributed by atoms with Gasteiger partial charge < -0.3 is 9.64 Å². The van der Waals surface area contributed by atoms with Gasteiger partial charge in [0, 0.05) is 7.05 Å². The molecule has 3 amide bonds. The van der Waals surface area contributed by atoms with Crippen molar-refractivity contribution in [3.05, 3.63) is 35.9 Å². The Morgan fingerprint density at radius 1 is 1.15 bits per heavy atom. The summed E-state index contributed by atoms with van der Waals surface area (Å²) in [5.74, 6) is -0.500. The van der Waals surface area contributed by atoms with E-state index in [0.29, 0.717) is 25.9 Å². The molecule has 0 radical (unpaired) electrons. The Balaban J connectivity index is 1.58. The van der Waals surface area contributed by atoms with Gasteiger partial charge in [0.2, 0.25) is 0 Å². The lowest BCUT2D eigenvalue weighted by Gasteiger charge is -2.32. The minimum Gasteiger partial charge on any atom is -0.461 e. The molecular formula is C20H26N2O4. The van der Waals surface area contributed by atoms with Crippen LogP contribution in [0.5, 0.6) is 0 Å². The second kappa shape index (κ2) is 7.89. The average Bonchev–Trinajstić information content (AvgIpc) is 2.93. The third-order valence-electron chi connectivity index (χ3n) is 5.68. The van der Waals surface area contributed by atoms with Crippen molar-refractivity contribution in [3.8, 4) is 0 Å². The zero-order valence-electron chi connectivity index (χ0n) is 15.2. The van der Waals surface area contributed by atoms with E-state index in [0.717, 1.165) is 31.2 Å². The molecule has 3 rings (SSSR count). The number of esters is 1. The third kappa shape index (κ3) is 3.74. The summed E-state index contributed by atoms with van der Waals surface area (Å²) in [7, 11) is 1.68. The molecule has 1 aromatic rings. The summed E-state index contributed by atoms with van der Waals surface area (Å²) >= 11 is 0. The predicted octanol–water partition coefficient (Wildman–Crippen LogP) is 3.01. The molecule has 2 unspecified atom stereocenters. The summed E-state index contributed by atoms with van der Waals surface area (Å²) in [4.78, 5) is 38.2. The van der Waals surface area contributed by atoms with Crippen molar-refractivity contribution >= 4 is 17.9 Å². The molecular weight excluding hydrogens is 332 g/mol. The second-order valence-corrected chi connectivity index (χ2v) is 7.28. The lowest BCUT2D eigenvalue weighted by Crippen LogP contribution is -2.47. The van der Waals surface area contributed by atoms with Crippen LogP contribution in [0, 0.1) is 5.92 Å². The molecule has 1 aromatic carbocycles. The Morgan fingerprint density at radius 2 is 1.85 bits per heavy atom. The Kier molecular flexibility index (Phi) is 5.59. The number of likely N-dealkylation sites (N-methyl/N-ethyl adjacent to an activating group) is 1. The van der Waals surface area contributed by atoms with E-state index in [1.807, 2.05) is 30.3 Å². The van der Waals surface area contributed by atoms with Crippen LogP contribution in [0.4, 0.5) is 4.79 Å². The van der Waals surface area contributed by atoms with Gasteiger partial charge in [-0.2, -0.15) is 0 Å². The van der Waals surface area contributed by atoms with Gasteiger partial charge in [-0.05, 0) is 37.7 Å². The van der Waals surface area contributed by atoms with Gasteiger partial charge in [-0.25, -0.2) is 4.79 Å². The topological polar surface area (TPSA) is 75.7 Å². The van der Waals surface area contributed by atoms with E-state index < -0.39 is 5.54 Å². The molecule has 140 valence electrons. The molecule has 6 nitrogen and oxygen atoms in total. The lowest BCUT2D eigenvalue weighted by molar-refractivity contribution is -0.150. The number of imide groups is 1. The van der Waals surface area contributed by atoms with Crippen molar-refractivity contribution in [2.75, 3.05) is 7.05 Å². The lowest BCUT2D eigenvalue weighted by atomic mass is 9.86. The number of ether oxygens (including phenoxy) is 1. The first-order chi connectivity index (χ1) is 12.5. The van der Waals surface area contributed by atoms with Gasteiger partial charge >= 0.3 is 12.0 Å². The molecule has 2 aliphatic rings. The fourth-order valence-electron chi connectivity index (χ4n) is 4.01. The second-order valence-electron chi connectivity index (χ2n) is 7.28. The smallest absolute Gasteiger partial charge is 0.324 e. The molecule has 1 saturated heterocycles. The molecule has 0 bridgehead atoms. The summed E-state index contributed by atoms with van der Waals surface area (Å²) < 4.78 is 5.50. The molecule has 1 saturated carbocycles. The first kappa shape index (κ1) is 18.4. The van der Waals surface area contributed by atoms with Crippen LogP contribution in [0.1, 0.15) is 50.5 Å². The fourth-order valence-corrected chi connectivity index (χ4v) is 4.01. The number of amides is 3. The standard InChI is InChI=1S/C20H26N2O4/c1-22-19(25)21-18(24)20(22)12-6-5-10-16(11-7-13-20)17(23)26-14-15-8-3-2-4-9-15/h2-4,8-9,16H,5-7,10-14H2,1H3,(H,21,24,25). The van der Waals surface area contributed by atoms with Crippen molar-refractivity contribution in [1.29, 1.82) is 0 Å². The molecule has 1 heterocycles. The first-order valence-electron chi connectivity index (χ1n) is 9.33. The van der Waals surface area contributed by atoms with Crippen LogP contribution < -0.4 is 5.32 Å². The van der Waals surface area contributed by atoms with Gasteiger partial charge in [0.15, 0.2) is 0 Å². The zero-order valence-corrected chi connectivity index (χ0v) is 15.2. The number of nitrogens with zero attached hydrogens (tertiary/aromatic N) is 1. The number of carbonyl (C=O) groups is 3. The predicted molar refractivity (Wildman–Crippen MR) is 96.1 cm³/mol. The maximum absolute atomic E-state index is 12.5. The number of nitrogens with one attached hydrogen (secondary N) is 1. The molecule has 1 N–H and O–H groups in total. The fraction of sp³-hybridized carbons (Fsp3) is 0.550. The Bertz CT molecular complexity index is 676. The van der Waals surface area contributed by atoms with Crippen LogP contribution in [0.15, 0.2) is 30.3 Å². The van der Waals surface area contributed by atoms with E-state index >= 15 is 0 Å². The average molecular weight is 358 g/mol. The van der Waals surface area contributed by atoms with Crippen molar-refractivity contribution in [2.45, 2.75) is 57.1 Å². The maximum atomic E-state index is 12.5. The van der Waals surface area contributed by atoms with E-state index in [4.69, 9.17) is 4.74 Å². The molecule has 0 aromatic heterocycles. The SMILES string of the molecule is CN1C(=O)NC(=O)C12CCCCC(C(=O)OCc1ccccc1)CCC2. The maximum Gasteiger partial charge on any atom is 0.324 e. The summed E-state index contributed by atoms with van der Waals surface area (Å²) in [6.45, 7) is 0.291. The number of benzene rings is 1. The van der Waals surface area contributed by atoms with Gasteiger partial charge in [-0.15, -0.1) is 0 Å². The molecule has 6 heteroatoms. The zero-order chi connectivity index (χ0) is 18.6.